The molecule has 0 unspecified atom stereocenters. The van der Waals surface area contributed by atoms with E-state index < -0.39 is 0 Å². The van der Waals surface area contributed by atoms with Crippen LogP contribution in [-0.4, -0.2) is 16.5 Å². The van der Waals surface area contributed by atoms with E-state index in [-0.39, 0.29) is 0 Å². The fraction of sp³-hybridized carbons (Fsp3) is 0.375. The van der Waals surface area contributed by atoms with Crippen molar-refractivity contribution in [3.63, 3.8) is 0 Å². The van der Waals surface area contributed by atoms with Crippen molar-refractivity contribution in [1.29, 1.82) is 0 Å². The van der Waals surface area contributed by atoms with Gasteiger partial charge in [-0.3, -0.25) is 9.97 Å². The largest absolute Gasteiger partial charge is 0.454 e. The molecule has 2 aromatic heterocycles. The summed E-state index contributed by atoms with van der Waals surface area (Å²) in [5.41, 5.74) is 3.10. The number of hydrogen-bond acceptors (Lipinski definition) is 4. The Kier molecular flexibility index (Phi) is 5.07. The van der Waals surface area contributed by atoms with Gasteiger partial charge in [-0.2, -0.15) is 0 Å². The maximum Gasteiger partial charge on any atom is 0.148 e. The third kappa shape index (κ3) is 3.78. The molecule has 0 aromatic carbocycles. The van der Waals surface area contributed by atoms with E-state index in [2.05, 4.69) is 29.1 Å². The third-order valence-electron chi connectivity index (χ3n) is 2.98. The molecule has 0 saturated carbocycles. The molecule has 0 saturated heterocycles. The highest BCUT2D eigenvalue weighted by atomic mass is 16.5. The van der Waals surface area contributed by atoms with Crippen LogP contribution in [0.2, 0.25) is 0 Å². The number of nitrogens with zero attached hydrogens (tertiary/aromatic N) is 2. The van der Waals surface area contributed by atoms with Gasteiger partial charge in [0, 0.05) is 18.4 Å². The number of aryl methyl sites for hydroxylation is 2. The van der Waals surface area contributed by atoms with Crippen LogP contribution in [0.5, 0.6) is 11.5 Å². The number of nitrogens with one attached hydrogen (secondary N) is 1. The van der Waals surface area contributed by atoms with Crippen molar-refractivity contribution in [1.82, 2.24) is 15.3 Å². The molecule has 0 aliphatic rings. The number of rotatable bonds is 6. The van der Waals surface area contributed by atoms with Gasteiger partial charge in [-0.05, 0) is 43.7 Å². The molecule has 0 amide bonds. The van der Waals surface area contributed by atoms with Crippen LogP contribution in [-0.2, 0) is 13.0 Å². The molecule has 0 aliphatic heterocycles. The van der Waals surface area contributed by atoms with Crippen LogP contribution in [0.25, 0.3) is 0 Å². The van der Waals surface area contributed by atoms with Gasteiger partial charge in [0.2, 0.25) is 0 Å². The van der Waals surface area contributed by atoms with Crippen molar-refractivity contribution in [3.8, 4) is 11.5 Å². The fourth-order valence-corrected chi connectivity index (χ4v) is 1.96. The van der Waals surface area contributed by atoms with Gasteiger partial charge in [-0.25, -0.2) is 0 Å². The van der Waals surface area contributed by atoms with E-state index in [4.69, 9.17) is 4.74 Å². The Balaban J connectivity index is 2.17. The summed E-state index contributed by atoms with van der Waals surface area (Å²) < 4.78 is 5.92. The van der Waals surface area contributed by atoms with Crippen LogP contribution < -0.4 is 10.1 Å². The van der Waals surface area contributed by atoms with Gasteiger partial charge in [-0.15, -0.1) is 0 Å². The topological polar surface area (TPSA) is 47.0 Å². The predicted molar refractivity (Wildman–Crippen MR) is 80.0 cm³/mol. The van der Waals surface area contributed by atoms with Crippen molar-refractivity contribution in [2.75, 3.05) is 6.54 Å². The lowest BCUT2D eigenvalue weighted by molar-refractivity contribution is 0.469. The first kappa shape index (κ1) is 14.5. The second-order valence-corrected chi connectivity index (χ2v) is 4.66. The van der Waals surface area contributed by atoms with Gasteiger partial charge in [0.1, 0.15) is 11.5 Å². The molecule has 0 radical (unpaired) electrons. The standard InChI is InChI=1S/C16H21N3O/c1-4-15-16(7-6-12(3)19-15)20-14-8-13(9-17-5-2)10-18-11-14/h6-8,10-11,17H,4-5,9H2,1-3H3. The van der Waals surface area contributed by atoms with Crippen molar-refractivity contribution >= 4 is 0 Å². The van der Waals surface area contributed by atoms with Crippen molar-refractivity contribution in [2.45, 2.75) is 33.7 Å². The van der Waals surface area contributed by atoms with E-state index in [9.17, 15) is 0 Å². The zero-order valence-corrected chi connectivity index (χ0v) is 12.3. The number of ether oxygens (including phenoxy) is 1. The fourth-order valence-electron chi connectivity index (χ4n) is 1.96. The highest BCUT2D eigenvalue weighted by Gasteiger charge is 2.06. The summed E-state index contributed by atoms with van der Waals surface area (Å²) in [5.74, 6) is 1.56. The van der Waals surface area contributed by atoms with Crippen molar-refractivity contribution in [2.24, 2.45) is 0 Å². The second-order valence-electron chi connectivity index (χ2n) is 4.66. The summed E-state index contributed by atoms with van der Waals surface area (Å²) in [6.07, 6.45) is 4.43. The molecule has 0 aliphatic carbocycles. The molecule has 0 fully saturated rings. The molecule has 2 heterocycles. The smallest absolute Gasteiger partial charge is 0.148 e. The Morgan fingerprint density at radius 1 is 1.20 bits per heavy atom. The highest BCUT2D eigenvalue weighted by molar-refractivity contribution is 5.35. The summed E-state index contributed by atoms with van der Waals surface area (Å²) in [6.45, 7) is 7.88. The number of pyridine rings is 2. The minimum atomic E-state index is 0.751. The molecule has 106 valence electrons. The van der Waals surface area contributed by atoms with Gasteiger partial charge in [0.05, 0.1) is 11.9 Å². The average molecular weight is 271 g/mol. The summed E-state index contributed by atoms with van der Waals surface area (Å²) in [7, 11) is 0. The summed E-state index contributed by atoms with van der Waals surface area (Å²) in [5, 5.41) is 3.28. The lowest BCUT2D eigenvalue weighted by Gasteiger charge is -2.11. The van der Waals surface area contributed by atoms with Gasteiger partial charge >= 0.3 is 0 Å². The first-order valence-electron chi connectivity index (χ1n) is 7.02. The molecule has 0 atom stereocenters. The Bertz CT molecular complexity index is 569. The SMILES string of the molecule is CCNCc1cncc(Oc2ccc(C)nc2CC)c1. The Hall–Kier alpha value is -1.94. The van der Waals surface area contributed by atoms with Crippen LogP contribution in [0.4, 0.5) is 0 Å². The van der Waals surface area contributed by atoms with E-state index in [0.717, 1.165) is 48.0 Å². The Morgan fingerprint density at radius 3 is 2.80 bits per heavy atom. The summed E-state index contributed by atoms with van der Waals surface area (Å²) >= 11 is 0. The third-order valence-corrected chi connectivity index (χ3v) is 2.98. The van der Waals surface area contributed by atoms with Crippen LogP contribution >= 0.6 is 0 Å². The van der Waals surface area contributed by atoms with Crippen LogP contribution in [0.15, 0.2) is 30.6 Å². The Labute approximate surface area is 120 Å². The van der Waals surface area contributed by atoms with Gasteiger partial charge in [0.15, 0.2) is 0 Å². The van der Waals surface area contributed by atoms with Crippen molar-refractivity contribution in [3.05, 3.63) is 47.5 Å². The Morgan fingerprint density at radius 2 is 2.05 bits per heavy atom. The van der Waals surface area contributed by atoms with E-state index in [1.54, 1.807) is 6.20 Å². The lowest BCUT2D eigenvalue weighted by Crippen LogP contribution is -2.11. The molecule has 2 aromatic rings. The molecule has 4 nitrogen and oxygen atoms in total. The molecule has 0 bridgehead atoms. The minimum absolute atomic E-state index is 0.751. The second kappa shape index (κ2) is 7.01. The van der Waals surface area contributed by atoms with Gasteiger partial charge < -0.3 is 10.1 Å². The van der Waals surface area contributed by atoms with E-state index in [1.165, 1.54) is 0 Å². The number of aromatic nitrogens is 2. The normalized spacial score (nSPS) is 10.6. The molecule has 0 spiro atoms. The highest BCUT2D eigenvalue weighted by Crippen LogP contribution is 2.25. The summed E-state index contributed by atoms with van der Waals surface area (Å²) in [6, 6.07) is 5.94. The van der Waals surface area contributed by atoms with Crippen molar-refractivity contribution < 1.29 is 4.74 Å². The molecule has 1 N–H and O–H groups in total. The van der Waals surface area contributed by atoms with Crippen LogP contribution in [0, 0.1) is 6.92 Å². The maximum absolute atomic E-state index is 5.92. The van der Waals surface area contributed by atoms with Crippen LogP contribution in [0.1, 0.15) is 30.8 Å². The van der Waals surface area contributed by atoms with Gasteiger partial charge in [0.25, 0.3) is 0 Å². The molecule has 2 rings (SSSR count). The quantitative estimate of drug-likeness (QED) is 0.876. The first-order valence-corrected chi connectivity index (χ1v) is 7.02. The van der Waals surface area contributed by atoms with Crippen LogP contribution in [0.3, 0.4) is 0 Å². The molecule has 4 heteroatoms. The minimum Gasteiger partial charge on any atom is -0.454 e. The zero-order valence-electron chi connectivity index (χ0n) is 12.3. The van der Waals surface area contributed by atoms with E-state index in [0.29, 0.717) is 0 Å². The maximum atomic E-state index is 5.92. The monoisotopic (exact) mass is 271 g/mol. The molecular weight excluding hydrogens is 250 g/mol. The number of hydrogen-bond donors (Lipinski definition) is 1. The van der Waals surface area contributed by atoms with E-state index >= 15 is 0 Å². The van der Waals surface area contributed by atoms with Gasteiger partial charge in [-0.1, -0.05) is 13.8 Å². The first-order chi connectivity index (χ1) is 9.72. The lowest BCUT2D eigenvalue weighted by atomic mass is 10.2. The van der Waals surface area contributed by atoms with E-state index in [1.807, 2.05) is 31.3 Å². The zero-order chi connectivity index (χ0) is 14.4. The average Bonchev–Trinajstić information content (AvgIpc) is 2.47. The summed E-state index contributed by atoms with van der Waals surface area (Å²) in [4.78, 5) is 8.72. The predicted octanol–water partition coefficient (Wildman–Crippen LogP) is 3.25. The molecular formula is C16H21N3O. The molecule has 20 heavy (non-hydrogen) atoms.